The zero-order chi connectivity index (χ0) is 64.6. The molecule has 4 aliphatic rings. The molecular formula is C88H102O6. The van der Waals surface area contributed by atoms with Gasteiger partial charge in [0.25, 0.3) is 0 Å². The summed E-state index contributed by atoms with van der Waals surface area (Å²) in [6.07, 6.45) is 37.6. The van der Waals surface area contributed by atoms with Gasteiger partial charge in [-0.25, -0.2) is 9.59 Å². The topological polar surface area (TPSA) is 71.1 Å². The fraction of sp³-hybridized carbons (Fsp3) is 0.432. The van der Waals surface area contributed by atoms with E-state index in [1.807, 2.05) is 84.9 Å². The fourth-order valence-corrected chi connectivity index (χ4v) is 16.3. The number of unbranched alkanes of at least 4 members (excludes halogenated alkanes) is 6. The number of hydrogen-bond acceptors (Lipinski definition) is 6. The van der Waals surface area contributed by atoms with E-state index < -0.39 is 11.9 Å². The molecule has 0 aromatic heterocycles. The molecule has 0 N–H and O–H groups in total. The first kappa shape index (κ1) is 66.3. The van der Waals surface area contributed by atoms with Crippen LogP contribution >= 0.6 is 0 Å². The first-order valence-corrected chi connectivity index (χ1v) is 36.9. The zero-order valence-corrected chi connectivity index (χ0v) is 56.9. The van der Waals surface area contributed by atoms with E-state index in [2.05, 4.69) is 113 Å². The molecule has 4 aliphatic carbocycles. The van der Waals surface area contributed by atoms with Gasteiger partial charge in [-0.05, 0) is 251 Å². The second-order valence-corrected chi connectivity index (χ2v) is 28.2. The molecule has 8 aromatic carbocycles. The summed E-state index contributed by atoms with van der Waals surface area (Å²) in [7, 11) is 0. The molecule has 0 aliphatic heterocycles. The minimum Gasteiger partial charge on any atom is -0.494 e. The molecule has 0 radical (unpaired) electrons. The number of ether oxygens (including phenoxy) is 4. The third kappa shape index (κ3) is 16.5. The van der Waals surface area contributed by atoms with Gasteiger partial charge in [0.15, 0.2) is 0 Å². The molecule has 8 aromatic rings. The highest BCUT2D eigenvalue weighted by molar-refractivity contribution is 6.12. The Labute approximate surface area is 562 Å². The van der Waals surface area contributed by atoms with Crippen LogP contribution in [-0.2, 0) is 0 Å². The van der Waals surface area contributed by atoms with Gasteiger partial charge in [0.2, 0.25) is 0 Å². The molecule has 6 nitrogen and oxygen atoms in total. The van der Waals surface area contributed by atoms with Gasteiger partial charge in [-0.1, -0.05) is 215 Å². The Kier molecular flexibility index (Phi) is 23.0. The van der Waals surface area contributed by atoms with Crippen molar-refractivity contribution in [2.45, 2.75) is 195 Å². The minimum atomic E-state index is -0.473. The molecule has 2 atom stereocenters. The lowest BCUT2D eigenvalue weighted by atomic mass is 9.70. The molecule has 2 fully saturated rings. The van der Waals surface area contributed by atoms with Crippen LogP contribution in [0.2, 0.25) is 0 Å². The van der Waals surface area contributed by atoms with Crippen molar-refractivity contribution in [3.8, 4) is 56.4 Å². The molecule has 2 saturated carbocycles. The quantitative estimate of drug-likeness (QED) is 0.0290. The second kappa shape index (κ2) is 32.6. The van der Waals surface area contributed by atoms with Crippen LogP contribution in [0.1, 0.15) is 226 Å². The summed E-state index contributed by atoms with van der Waals surface area (Å²) in [5.41, 5.74) is 11.6. The standard InChI is InChI=1S/C88H102O6/c1-5-9-11-13-57-91-79-49-41-69(42-50-79)67-33-37-73(38-34-67)87(89)93-83-55-47-77-59-75(71-29-25-65(26-30-71)63-21-17-61(15-7-3)18-22-63)45-53-81(77)85(83)86-82-54-46-76(72-31-27-66(28-32-72)64-23-19-62(16-8-4)20-24-64)60-78(82)48-56-84(86)94-88(90)74-39-35-68(36-40-74)70-43-51-80(52-44-70)92-58-14-12-10-6-2/h29,31,33-56,59-66H,5-28,30,32,57-58H2,1-4H3/t61-,62-,63-,64-,65?,66?. The summed E-state index contributed by atoms with van der Waals surface area (Å²) in [4.78, 5) is 29.6. The lowest BCUT2D eigenvalue weighted by Crippen LogP contribution is -2.23. The lowest BCUT2D eigenvalue weighted by Gasteiger charge is -2.35. The maximum absolute atomic E-state index is 14.8. The Morgan fingerprint density at radius 3 is 1.09 bits per heavy atom. The Morgan fingerprint density at radius 2 is 0.734 bits per heavy atom. The summed E-state index contributed by atoms with van der Waals surface area (Å²) in [5.74, 6) is 6.55. The smallest absolute Gasteiger partial charge is 0.343 e. The van der Waals surface area contributed by atoms with Gasteiger partial charge in [0, 0.05) is 11.1 Å². The summed E-state index contributed by atoms with van der Waals surface area (Å²) in [6, 6.07) is 53.4. The Hall–Kier alpha value is -7.70. The van der Waals surface area contributed by atoms with E-state index >= 15 is 0 Å². The summed E-state index contributed by atoms with van der Waals surface area (Å²) in [5, 5.41) is 3.87. The van der Waals surface area contributed by atoms with E-state index in [4.69, 9.17) is 18.9 Å². The van der Waals surface area contributed by atoms with Crippen LogP contribution < -0.4 is 18.9 Å². The molecule has 12 rings (SSSR count). The van der Waals surface area contributed by atoms with E-state index in [-0.39, 0.29) is 0 Å². The maximum atomic E-state index is 14.8. The first-order valence-electron chi connectivity index (χ1n) is 36.9. The van der Waals surface area contributed by atoms with E-state index in [1.54, 1.807) is 0 Å². The monoisotopic (exact) mass is 1250 g/mol. The molecule has 94 heavy (non-hydrogen) atoms. The minimum absolute atomic E-state index is 0.392. The van der Waals surface area contributed by atoms with Gasteiger partial charge in [-0.3, -0.25) is 0 Å². The summed E-state index contributed by atoms with van der Waals surface area (Å²) < 4.78 is 25.5. The van der Waals surface area contributed by atoms with E-state index in [0.29, 0.717) is 47.0 Å². The molecule has 6 heteroatoms. The van der Waals surface area contributed by atoms with Crippen molar-refractivity contribution in [3.63, 3.8) is 0 Å². The van der Waals surface area contributed by atoms with Crippen molar-refractivity contribution in [2.24, 2.45) is 35.5 Å². The Bertz CT molecular complexity index is 3600. The van der Waals surface area contributed by atoms with Gasteiger partial charge in [0.1, 0.15) is 23.0 Å². The highest BCUT2D eigenvalue weighted by Gasteiger charge is 2.31. The van der Waals surface area contributed by atoms with Gasteiger partial charge < -0.3 is 18.9 Å². The largest absolute Gasteiger partial charge is 0.494 e. The van der Waals surface area contributed by atoms with Crippen molar-refractivity contribution >= 4 is 44.6 Å². The normalized spacial score (nSPS) is 19.9. The maximum Gasteiger partial charge on any atom is 0.343 e. The predicted molar refractivity (Wildman–Crippen MR) is 391 cm³/mol. The number of benzene rings is 8. The number of carbonyl (C=O) groups excluding carboxylic acids is 2. The second-order valence-electron chi connectivity index (χ2n) is 28.2. The number of allylic oxidation sites excluding steroid dienone is 4. The van der Waals surface area contributed by atoms with Crippen molar-refractivity contribution in [1.29, 1.82) is 0 Å². The van der Waals surface area contributed by atoms with E-state index in [0.717, 1.165) is 129 Å². The molecule has 2 unspecified atom stereocenters. The molecule has 0 saturated heterocycles. The number of rotatable bonds is 27. The van der Waals surface area contributed by atoms with Gasteiger partial charge >= 0.3 is 11.9 Å². The fourth-order valence-electron chi connectivity index (χ4n) is 16.3. The van der Waals surface area contributed by atoms with Crippen LogP contribution in [0.3, 0.4) is 0 Å². The highest BCUT2D eigenvalue weighted by atomic mass is 16.5. The number of esters is 2. The lowest BCUT2D eigenvalue weighted by molar-refractivity contribution is 0.0723. The number of hydrogen-bond donors (Lipinski definition) is 0. The Balaban J connectivity index is 0.881. The van der Waals surface area contributed by atoms with Crippen molar-refractivity contribution in [3.05, 3.63) is 192 Å². The first-order chi connectivity index (χ1) is 46.2. The van der Waals surface area contributed by atoms with Gasteiger partial charge in [0.05, 0.1) is 24.3 Å². The van der Waals surface area contributed by atoms with Crippen molar-refractivity contribution in [1.82, 2.24) is 0 Å². The number of fused-ring (bicyclic) bond motifs is 2. The number of carbonyl (C=O) groups is 2. The van der Waals surface area contributed by atoms with Crippen LogP contribution in [0.15, 0.2) is 170 Å². The van der Waals surface area contributed by atoms with Crippen LogP contribution in [0, 0.1) is 35.5 Å². The third-order valence-electron chi connectivity index (χ3n) is 21.9. The SMILES string of the molecule is CCCCCCOc1ccc(-c2ccc(C(=O)Oc3ccc4cc(C5=CCC([C@H]6CC[C@H](CCC)CC6)CC5)ccc4c3-c3c(OC(=O)c4ccc(-c5ccc(OCCCCCC)cc5)cc4)ccc4cc(C5=CCC([C@H]6CC[C@H](CCC)CC6)CC5)ccc34)cc2)cc1. The molecule has 490 valence electrons. The molecule has 0 bridgehead atoms. The van der Waals surface area contributed by atoms with E-state index in [9.17, 15) is 9.59 Å². The van der Waals surface area contributed by atoms with Crippen LogP contribution in [0.25, 0.3) is 66.1 Å². The Morgan fingerprint density at radius 1 is 0.362 bits per heavy atom. The van der Waals surface area contributed by atoms with Crippen LogP contribution in [0.4, 0.5) is 0 Å². The molecule has 0 spiro atoms. The molecule has 0 amide bonds. The van der Waals surface area contributed by atoms with Gasteiger partial charge in [-0.2, -0.15) is 0 Å². The molecule has 0 heterocycles. The highest BCUT2D eigenvalue weighted by Crippen LogP contribution is 2.49. The average Bonchev–Trinajstić information content (AvgIpc) is 0.750. The van der Waals surface area contributed by atoms with Crippen molar-refractivity contribution in [2.75, 3.05) is 13.2 Å². The molecular weight excluding hydrogens is 1150 g/mol. The van der Waals surface area contributed by atoms with Crippen LogP contribution in [0.5, 0.6) is 23.0 Å². The van der Waals surface area contributed by atoms with Gasteiger partial charge in [-0.15, -0.1) is 0 Å². The third-order valence-corrected chi connectivity index (χ3v) is 21.9. The zero-order valence-electron chi connectivity index (χ0n) is 56.9. The summed E-state index contributed by atoms with van der Waals surface area (Å²) in [6.45, 7) is 10.5. The summed E-state index contributed by atoms with van der Waals surface area (Å²) >= 11 is 0. The predicted octanol–water partition coefficient (Wildman–Crippen LogP) is 24.9. The average molecular weight is 1260 g/mol. The van der Waals surface area contributed by atoms with Crippen LogP contribution in [-0.4, -0.2) is 25.2 Å². The van der Waals surface area contributed by atoms with E-state index in [1.165, 1.54) is 151 Å². The van der Waals surface area contributed by atoms with Crippen molar-refractivity contribution < 1.29 is 28.5 Å².